The number of nitrogens with zero attached hydrogens (tertiary/aromatic N) is 1. The van der Waals surface area contributed by atoms with Gasteiger partial charge in [0.25, 0.3) is 0 Å². The summed E-state index contributed by atoms with van der Waals surface area (Å²) in [7, 11) is 0. The first-order valence-corrected chi connectivity index (χ1v) is 8.47. The molecule has 23 heavy (non-hydrogen) atoms. The highest BCUT2D eigenvalue weighted by Crippen LogP contribution is 2.28. The largest absolute Gasteiger partial charge is 0.489 e. The summed E-state index contributed by atoms with van der Waals surface area (Å²) in [6.45, 7) is 13.7. The Morgan fingerprint density at radius 3 is 2.65 bits per heavy atom. The van der Waals surface area contributed by atoms with Crippen LogP contribution in [0.15, 0.2) is 49.1 Å². The summed E-state index contributed by atoms with van der Waals surface area (Å²) >= 11 is 0. The van der Waals surface area contributed by atoms with Gasteiger partial charge in [-0.3, -0.25) is 0 Å². The first kappa shape index (κ1) is 17.5. The molecule has 2 rings (SSSR count). The van der Waals surface area contributed by atoms with Crippen molar-refractivity contribution in [2.45, 2.75) is 20.4 Å². The minimum atomic E-state index is 0.533. The lowest BCUT2D eigenvalue weighted by atomic mass is 10.0. The number of likely N-dealkylation sites (N-methyl/N-ethyl adjacent to an activating group) is 1. The molecule has 124 valence electrons. The third-order valence-electron chi connectivity index (χ3n) is 4.16. The van der Waals surface area contributed by atoms with Crippen molar-refractivity contribution in [1.82, 2.24) is 10.2 Å². The molecular weight excluding hydrogens is 284 g/mol. The molecule has 0 aromatic heterocycles. The van der Waals surface area contributed by atoms with Gasteiger partial charge in [-0.2, -0.15) is 0 Å². The van der Waals surface area contributed by atoms with Crippen LogP contribution in [0.2, 0.25) is 0 Å². The summed E-state index contributed by atoms with van der Waals surface area (Å²) in [5, 5.41) is 6.07. The Hall–Kier alpha value is -1.84. The molecule has 2 aromatic carbocycles. The summed E-state index contributed by atoms with van der Waals surface area (Å²) in [5.41, 5.74) is 1.23. The lowest BCUT2D eigenvalue weighted by Gasteiger charge is -2.19. The highest BCUT2D eigenvalue weighted by molar-refractivity contribution is 5.87. The Labute approximate surface area is 139 Å². The van der Waals surface area contributed by atoms with Gasteiger partial charge in [-0.05, 0) is 29.9 Å². The van der Waals surface area contributed by atoms with E-state index in [2.05, 4.69) is 67.0 Å². The minimum Gasteiger partial charge on any atom is -0.489 e. The molecule has 2 aromatic rings. The molecule has 0 fully saturated rings. The van der Waals surface area contributed by atoms with Gasteiger partial charge in [0.15, 0.2) is 0 Å². The van der Waals surface area contributed by atoms with E-state index in [0.717, 1.165) is 38.5 Å². The van der Waals surface area contributed by atoms with Gasteiger partial charge in [0.2, 0.25) is 0 Å². The highest BCUT2D eigenvalue weighted by Gasteiger charge is 2.08. The number of hydrogen-bond acceptors (Lipinski definition) is 3. The van der Waals surface area contributed by atoms with E-state index in [1.807, 2.05) is 0 Å². The zero-order valence-electron chi connectivity index (χ0n) is 14.3. The first-order valence-electron chi connectivity index (χ1n) is 8.47. The van der Waals surface area contributed by atoms with Crippen molar-refractivity contribution in [2.24, 2.45) is 0 Å². The van der Waals surface area contributed by atoms with Gasteiger partial charge in [0.1, 0.15) is 12.4 Å². The van der Waals surface area contributed by atoms with Crippen LogP contribution in [-0.4, -0.2) is 37.7 Å². The van der Waals surface area contributed by atoms with Crippen molar-refractivity contribution >= 4 is 10.8 Å². The van der Waals surface area contributed by atoms with E-state index in [4.69, 9.17) is 4.74 Å². The van der Waals surface area contributed by atoms with Crippen molar-refractivity contribution in [3.8, 4) is 5.75 Å². The lowest BCUT2D eigenvalue weighted by Crippen LogP contribution is -2.31. The van der Waals surface area contributed by atoms with Gasteiger partial charge in [0, 0.05) is 25.2 Å². The van der Waals surface area contributed by atoms with Crippen LogP contribution in [0, 0.1) is 0 Å². The molecule has 1 N–H and O–H groups in total. The highest BCUT2D eigenvalue weighted by atomic mass is 16.5. The van der Waals surface area contributed by atoms with Gasteiger partial charge in [-0.1, -0.05) is 56.8 Å². The zero-order chi connectivity index (χ0) is 16.5. The molecule has 0 unspecified atom stereocenters. The second kappa shape index (κ2) is 9.33. The van der Waals surface area contributed by atoms with E-state index >= 15 is 0 Å². The fraction of sp³-hybridized carbons (Fsp3) is 0.400. The smallest absolute Gasteiger partial charge is 0.124 e. The average molecular weight is 312 g/mol. The molecule has 3 heteroatoms. The quantitative estimate of drug-likeness (QED) is 0.533. The summed E-state index contributed by atoms with van der Waals surface area (Å²) in [4.78, 5) is 2.42. The summed E-state index contributed by atoms with van der Waals surface area (Å²) < 4.78 is 5.85. The predicted octanol–water partition coefficient (Wildman–Crippen LogP) is 3.84. The SMILES string of the molecule is C=CCOc1ccc2ccccc2c1CNCCN(CC)CC. The van der Waals surface area contributed by atoms with E-state index in [-0.39, 0.29) is 0 Å². The Morgan fingerprint density at radius 1 is 1.13 bits per heavy atom. The zero-order valence-corrected chi connectivity index (χ0v) is 14.3. The van der Waals surface area contributed by atoms with Gasteiger partial charge in [-0.15, -0.1) is 0 Å². The van der Waals surface area contributed by atoms with Crippen molar-refractivity contribution < 1.29 is 4.74 Å². The molecule has 0 bridgehead atoms. The summed E-state index contributed by atoms with van der Waals surface area (Å²) in [5.74, 6) is 0.943. The molecule has 0 radical (unpaired) electrons. The fourth-order valence-corrected chi connectivity index (χ4v) is 2.77. The second-order valence-corrected chi connectivity index (χ2v) is 5.57. The van der Waals surface area contributed by atoms with Crippen LogP contribution in [0.25, 0.3) is 10.8 Å². The Morgan fingerprint density at radius 2 is 1.91 bits per heavy atom. The number of benzene rings is 2. The number of ether oxygens (including phenoxy) is 1. The Balaban J connectivity index is 2.10. The molecule has 0 aliphatic heterocycles. The predicted molar refractivity (Wildman–Crippen MR) is 99.1 cm³/mol. The summed E-state index contributed by atoms with van der Waals surface area (Å²) in [6, 6.07) is 12.6. The van der Waals surface area contributed by atoms with E-state index < -0.39 is 0 Å². The van der Waals surface area contributed by atoms with Crippen LogP contribution >= 0.6 is 0 Å². The van der Waals surface area contributed by atoms with Crippen LogP contribution in [-0.2, 0) is 6.54 Å². The number of fused-ring (bicyclic) bond motifs is 1. The van der Waals surface area contributed by atoms with Crippen LogP contribution in [0.1, 0.15) is 19.4 Å². The normalized spacial score (nSPS) is 11.1. The van der Waals surface area contributed by atoms with Crippen LogP contribution in [0.4, 0.5) is 0 Å². The monoisotopic (exact) mass is 312 g/mol. The Kier molecular flexibility index (Phi) is 7.11. The molecule has 0 aliphatic carbocycles. The van der Waals surface area contributed by atoms with Crippen molar-refractivity contribution in [1.29, 1.82) is 0 Å². The van der Waals surface area contributed by atoms with Crippen molar-refractivity contribution in [3.05, 3.63) is 54.6 Å². The molecule has 0 spiro atoms. The van der Waals surface area contributed by atoms with Crippen molar-refractivity contribution in [3.63, 3.8) is 0 Å². The average Bonchev–Trinajstić information content (AvgIpc) is 2.60. The van der Waals surface area contributed by atoms with Crippen LogP contribution < -0.4 is 10.1 Å². The van der Waals surface area contributed by atoms with E-state index in [0.29, 0.717) is 6.61 Å². The number of nitrogens with one attached hydrogen (secondary N) is 1. The van der Waals surface area contributed by atoms with Gasteiger partial charge in [0.05, 0.1) is 0 Å². The molecule has 0 saturated carbocycles. The van der Waals surface area contributed by atoms with Crippen molar-refractivity contribution in [2.75, 3.05) is 32.8 Å². The van der Waals surface area contributed by atoms with E-state index in [1.165, 1.54) is 16.3 Å². The third-order valence-corrected chi connectivity index (χ3v) is 4.16. The van der Waals surface area contributed by atoms with Gasteiger partial charge >= 0.3 is 0 Å². The molecular formula is C20H28N2O. The minimum absolute atomic E-state index is 0.533. The van der Waals surface area contributed by atoms with E-state index in [1.54, 1.807) is 6.08 Å². The molecule has 0 saturated heterocycles. The Bertz CT molecular complexity index is 620. The topological polar surface area (TPSA) is 24.5 Å². The van der Waals surface area contributed by atoms with Crippen LogP contribution in [0.3, 0.4) is 0 Å². The lowest BCUT2D eigenvalue weighted by molar-refractivity contribution is 0.301. The molecule has 0 heterocycles. The number of rotatable bonds is 10. The van der Waals surface area contributed by atoms with Crippen LogP contribution in [0.5, 0.6) is 5.75 Å². The second-order valence-electron chi connectivity index (χ2n) is 5.57. The maximum atomic E-state index is 5.85. The maximum absolute atomic E-state index is 5.85. The van der Waals surface area contributed by atoms with Gasteiger partial charge < -0.3 is 15.0 Å². The van der Waals surface area contributed by atoms with Gasteiger partial charge in [-0.25, -0.2) is 0 Å². The molecule has 0 atom stereocenters. The third kappa shape index (κ3) is 4.81. The molecule has 0 aliphatic rings. The summed E-state index contributed by atoms with van der Waals surface area (Å²) in [6.07, 6.45) is 1.78. The fourth-order valence-electron chi connectivity index (χ4n) is 2.77. The number of hydrogen-bond donors (Lipinski definition) is 1. The molecule has 0 amide bonds. The standard InChI is InChI=1S/C20H28N2O/c1-4-15-23-20-12-11-17-9-7-8-10-18(17)19(20)16-21-13-14-22(5-2)6-3/h4,7-12,21H,1,5-6,13-16H2,2-3H3. The first-order chi connectivity index (χ1) is 11.3. The van der Waals surface area contributed by atoms with E-state index in [9.17, 15) is 0 Å². The molecule has 3 nitrogen and oxygen atoms in total. The maximum Gasteiger partial charge on any atom is 0.124 e.